The molecule has 0 bridgehead atoms. The van der Waals surface area contributed by atoms with Gasteiger partial charge in [0.15, 0.2) is 5.69 Å². The predicted octanol–water partition coefficient (Wildman–Crippen LogP) is 0.319. The number of hydrogen-bond donors (Lipinski definition) is 2. The smallest absolute Gasteiger partial charge is 0.268 e. The second-order valence-corrected chi connectivity index (χ2v) is 3.69. The third-order valence-corrected chi connectivity index (χ3v) is 2.32. The van der Waals surface area contributed by atoms with Gasteiger partial charge >= 0.3 is 0 Å². The van der Waals surface area contributed by atoms with E-state index in [1.165, 1.54) is 12.1 Å². The van der Waals surface area contributed by atoms with Crippen molar-refractivity contribution >= 4 is 11.6 Å². The number of carbonyl (C=O) groups is 1. The van der Waals surface area contributed by atoms with Crippen molar-refractivity contribution in [3.8, 4) is 0 Å². The van der Waals surface area contributed by atoms with Crippen LogP contribution >= 0.6 is 0 Å². The number of H-pyrrole nitrogens is 1. The van der Waals surface area contributed by atoms with Crippen LogP contribution in [0.2, 0.25) is 0 Å². The quantitative estimate of drug-likeness (QED) is 0.610. The fraction of sp³-hybridized carbons (Fsp3) is 0.0833. The van der Waals surface area contributed by atoms with Gasteiger partial charge in [-0.1, -0.05) is 6.07 Å². The van der Waals surface area contributed by atoms with E-state index in [0.717, 1.165) is 5.56 Å². The van der Waals surface area contributed by atoms with Gasteiger partial charge in [-0.2, -0.15) is 10.2 Å². The third kappa shape index (κ3) is 3.32. The van der Waals surface area contributed by atoms with Crippen molar-refractivity contribution in [1.82, 2.24) is 20.6 Å². The van der Waals surface area contributed by atoms with Crippen LogP contribution in [0.5, 0.6) is 0 Å². The number of rotatable bonds is 3. The molecule has 2 heterocycles. The average Bonchev–Trinajstić information content (AvgIpc) is 2.46. The van der Waals surface area contributed by atoms with Gasteiger partial charge in [0, 0.05) is 24.0 Å². The Hall–Kier alpha value is -2.83. The van der Waals surface area contributed by atoms with Crippen molar-refractivity contribution in [3.63, 3.8) is 0 Å². The number of nitrogens with one attached hydrogen (secondary N) is 2. The SMILES string of the molecule is C/C(=N/NC(=O)c1ccc(=O)[nH]n1)c1cccnc1. The number of pyridine rings is 1. The highest BCUT2D eigenvalue weighted by molar-refractivity contribution is 6.00. The lowest BCUT2D eigenvalue weighted by atomic mass is 10.2. The van der Waals surface area contributed by atoms with Crippen LogP contribution in [0.25, 0.3) is 0 Å². The Balaban J connectivity index is 2.08. The van der Waals surface area contributed by atoms with Crippen LogP contribution in [0, 0.1) is 0 Å². The van der Waals surface area contributed by atoms with Gasteiger partial charge in [-0.05, 0) is 19.1 Å². The van der Waals surface area contributed by atoms with E-state index in [4.69, 9.17) is 0 Å². The summed E-state index contributed by atoms with van der Waals surface area (Å²) in [6, 6.07) is 6.15. The van der Waals surface area contributed by atoms with Gasteiger partial charge in [-0.15, -0.1) is 0 Å². The summed E-state index contributed by atoms with van der Waals surface area (Å²) in [5.41, 5.74) is 3.49. The maximum atomic E-state index is 11.7. The van der Waals surface area contributed by atoms with Gasteiger partial charge in [-0.25, -0.2) is 10.5 Å². The second-order valence-electron chi connectivity index (χ2n) is 3.69. The Morgan fingerprint density at radius 2 is 2.21 bits per heavy atom. The maximum absolute atomic E-state index is 11.7. The molecule has 0 aliphatic carbocycles. The summed E-state index contributed by atoms with van der Waals surface area (Å²) in [7, 11) is 0. The summed E-state index contributed by atoms with van der Waals surface area (Å²) < 4.78 is 0. The van der Waals surface area contributed by atoms with Crippen molar-refractivity contribution in [3.05, 3.63) is 58.3 Å². The van der Waals surface area contributed by atoms with Crippen molar-refractivity contribution < 1.29 is 4.79 Å². The lowest BCUT2D eigenvalue weighted by Crippen LogP contribution is -2.22. The molecule has 0 fully saturated rings. The van der Waals surface area contributed by atoms with Crippen molar-refractivity contribution in [2.75, 3.05) is 0 Å². The highest BCUT2D eigenvalue weighted by atomic mass is 16.2. The first-order valence-electron chi connectivity index (χ1n) is 5.47. The van der Waals surface area contributed by atoms with Crippen LogP contribution in [0.15, 0.2) is 46.6 Å². The molecule has 0 spiro atoms. The first-order chi connectivity index (χ1) is 9.16. The Morgan fingerprint density at radius 1 is 1.37 bits per heavy atom. The summed E-state index contributed by atoms with van der Waals surface area (Å²) >= 11 is 0. The summed E-state index contributed by atoms with van der Waals surface area (Å²) in [6.07, 6.45) is 3.29. The van der Waals surface area contributed by atoms with Crippen LogP contribution in [-0.2, 0) is 0 Å². The third-order valence-electron chi connectivity index (χ3n) is 2.32. The normalized spacial score (nSPS) is 11.1. The molecule has 2 N–H and O–H groups in total. The molecule has 19 heavy (non-hydrogen) atoms. The van der Waals surface area contributed by atoms with Gasteiger partial charge in [0.2, 0.25) is 0 Å². The largest absolute Gasteiger partial charge is 0.291 e. The topological polar surface area (TPSA) is 100 Å². The van der Waals surface area contributed by atoms with E-state index in [-0.39, 0.29) is 11.3 Å². The number of nitrogens with zero attached hydrogens (tertiary/aromatic N) is 3. The highest BCUT2D eigenvalue weighted by Crippen LogP contribution is 1.97. The molecule has 0 aliphatic heterocycles. The number of amides is 1. The van der Waals surface area contributed by atoms with E-state index in [2.05, 4.69) is 25.7 Å². The van der Waals surface area contributed by atoms with Gasteiger partial charge < -0.3 is 0 Å². The molecule has 2 aromatic heterocycles. The lowest BCUT2D eigenvalue weighted by Gasteiger charge is -2.01. The van der Waals surface area contributed by atoms with Gasteiger partial charge in [0.05, 0.1) is 5.71 Å². The predicted molar refractivity (Wildman–Crippen MR) is 68.8 cm³/mol. The van der Waals surface area contributed by atoms with E-state index in [9.17, 15) is 9.59 Å². The van der Waals surface area contributed by atoms with Crippen molar-refractivity contribution in [2.24, 2.45) is 5.10 Å². The van der Waals surface area contributed by atoms with Crippen LogP contribution in [0.3, 0.4) is 0 Å². The van der Waals surface area contributed by atoms with Crippen molar-refractivity contribution in [2.45, 2.75) is 6.92 Å². The summed E-state index contributed by atoms with van der Waals surface area (Å²) in [6.45, 7) is 1.75. The number of hydrogen-bond acceptors (Lipinski definition) is 5. The monoisotopic (exact) mass is 257 g/mol. The summed E-state index contributed by atoms with van der Waals surface area (Å²) in [4.78, 5) is 26.4. The Bertz CT molecular complexity index is 643. The van der Waals surface area contributed by atoms with E-state index in [1.807, 2.05) is 6.07 Å². The van der Waals surface area contributed by atoms with Gasteiger partial charge in [0.1, 0.15) is 0 Å². The van der Waals surface area contributed by atoms with Crippen LogP contribution in [-0.4, -0.2) is 26.8 Å². The standard InChI is InChI=1S/C12H11N5O2/c1-8(9-3-2-6-13-7-9)14-17-12(19)10-4-5-11(18)16-15-10/h2-7H,1H3,(H,16,18)(H,17,19)/b14-8-. The number of hydrazone groups is 1. The summed E-state index contributed by atoms with van der Waals surface area (Å²) in [5, 5.41) is 9.71. The van der Waals surface area contributed by atoms with E-state index in [0.29, 0.717) is 5.71 Å². The zero-order chi connectivity index (χ0) is 13.7. The summed E-state index contributed by atoms with van der Waals surface area (Å²) in [5.74, 6) is -0.500. The van der Waals surface area contributed by atoms with E-state index >= 15 is 0 Å². The molecule has 2 rings (SSSR count). The molecular weight excluding hydrogens is 246 g/mol. The number of carbonyl (C=O) groups excluding carboxylic acids is 1. The molecule has 1 amide bonds. The number of aromatic amines is 1. The lowest BCUT2D eigenvalue weighted by molar-refractivity contribution is 0.0948. The number of aromatic nitrogens is 3. The van der Waals surface area contributed by atoms with E-state index in [1.54, 1.807) is 25.4 Å². The minimum atomic E-state index is -0.500. The molecule has 0 saturated heterocycles. The fourth-order valence-electron chi connectivity index (χ4n) is 1.30. The Labute approximate surface area is 108 Å². The molecule has 0 radical (unpaired) electrons. The molecule has 7 nitrogen and oxygen atoms in total. The van der Waals surface area contributed by atoms with Crippen molar-refractivity contribution in [1.29, 1.82) is 0 Å². The van der Waals surface area contributed by atoms with Crippen LogP contribution in [0.1, 0.15) is 23.0 Å². The minimum Gasteiger partial charge on any atom is -0.268 e. The van der Waals surface area contributed by atoms with Crippen LogP contribution in [0.4, 0.5) is 0 Å². The minimum absolute atomic E-state index is 0.0855. The average molecular weight is 257 g/mol. The van der Waals surface area contributed by atoms with Gasteiger partial charge in [0.25, 0.3) is 11.5 Å². The molecule has 0 saturated carbocycles. The Morgan fingerprint density at radius 3 is 2.84 bits per heavy atom. The highest BCUT2D eigenvalue weighted by Gasteiger charge is 2.06. The molecular formula is C12H11N5O2. The van der Waals surface area contributed by atoms with Crippen LogP contribution < -0.4 is 11.0 Å². The first-order valence-corrected chi connectivity index (χ1v) is 5.47. The van der Waals surface area contributed by atoms with Gasteiger partial charge in [-0.3, -0.25) is 14.6 Å². The molecule has 2 aromatic rings. The molecule has 0 unspecified atom stereocenters. The fourth-order valence-corrected chi connectivity index (χ4v) is 1.30. The molecule has 7 heteroatoms. The maximum Gasteiger partial charge on any atom is 0.291 e. The zero-order valence-corrected chi connectivity index (χ0v) is 10.1. The Kier molecular flexibility index (Phi) is 3.77. The van der Waals surface area contributed by atoms with E-state index < -0.39 is 5.91 Å². The first kappa shape index (κ1) is 12.6. The molecule has 0 aliphatic rings. The molecule has 0 aromatic carbocycles. The zero-order valence-electron chi connectivity index (χ0n) is 10.1. The molecule has 96 valence electrons. The second kappa shape index (κ2) is 5.67. The molecule has 0 atom stereocenters.